The van der Waals surface area contributed by atoms with Crippen LogP contribution in [0.15, 0.2) is 51.7 Å². The maximum Gasteiger partial charge on any atom is 0.453 e. The first-order valence-electron chi connectivity index (χ1n) is 7.45. The summed E-state index contributed by atoms with van der Waals surface area (Å²) in [6.07, 6.45) is -5.04. The Morgan fingerprint density at radius 1 is 1.04 bits per heavy atom. The van der Waals surface area contributed by atoms with E-state index in [9.17, 15) is 27.2 Å². The van der Waals surface area contributed by atoms with Crippen LogP contribution >= 0.6 is 0 Å². The first kappa shape index (κ1) is 18.4. The van der Waals surface area contributed by atoms with E-state index in [2.05, 4.69) is 0 Å². The highest BCUT2D eigenvalue weighted by molar-refractivity contribution is 5.81. The van der Waals surface area contributed by atoms with E-state index >= 15 is 0 Å². The van der Waals surface area contributed by atoms with Gasteiger partial charge >= 0.3 is 12.1 Å². The summed E-state index contributed by atoms with van der Waals surface area (Å²) in [5, 5.41) is -0.212. The minimum atomic E-state index is -5.04. The fourth-order valence-electron chi connectivity index (χ4n) is 2.29. The number of alkyl halides is 3. The summed E-state index contributed by atoms with van der Waals surface area (Å²) in [5.41, 5.74) is -1.51. The van der Waals surface area contributed by atoms with Crippen LogP contribution in [-0.2, 0) is 11.0 Å². The molecule has 0 aliphatic rings. The largest absolute Gasteiger partial charge is 0.453 e. The van der Waals surface area contributed by atoms with E-state index in [1.807, 2.05) is 0 Å². The van der Waals surface area contributed by atoms with Gasteiger partial charge in [0.2, 0.25) is 11.2 Å². The molecular formula is C18H10F4O5. The normalized spacial score (nSPS) is 11.4. The Balaban J connectivity index is 2.19. The van der Waals surface area contributed by atoms with Crippen molar-refractivity contribution >= 4 is 16.9 Å². The number of rotatable bonds is 3. The molecule has 0 saturated carbocycles. The molecule has 0 atom stereocenters. The molecule has 2 aromatic carbocycles. The Morgan fingerprint density at radius 3 is 2.26 bits per heavy atom. The van der Waals surface area contributed by atoms with Crippen LogP contribution in [0.25, 0.3) is 11.0 Å². The van der Waals surface area contributed by atoms with E-state index in [4.69, 9.17) is 13.9 Å². The molecular weight excluding hydrogens is 372 g/mol. The third kappa shape index (κ3) is 3.91. The average molecular weight is 382 g/mol. The third-order valence-corrected chi connectivity index (χ3v) is 3.37. The van der Waals surface area contributed by atoms with Gasteiger partial charge in [-0.2, -0.15) is 13.2 Å². The predicted octanol–water partition coefficient (Wildman–Crippen LogP) is 4.67. The summed E-state index contributed by atoms with van der Waals surface area (Å²) < 4.78 is 67.7. The zero-order valence-corrected chi connectivity index (χ0v) is 13.6. The highest BCUT2D eigenvalue weighted by Crippen LogP contribution is 2.38. The predicted molar refractivity (Wildman–Crippen MR) is 85.3 cm³/mol. The smallest absolute Gasteiger partial charge is 0.449 e. The molecule has 0 bridgehead atoms. The summed E-state index contributed by atoms with van der Waals surface area (Å²) in [7, 11) is 0. The van der Waals surface area contributed by atoms with Crippen LogP contribution in [0.3, 0.4) is 0 Å². The van der Waals surface area contributed by atoms with Crippen molar-refractivity contribution in [1.29, 1.82) is 0 Å². The van der Waals surface area contributed by atoms with E-state index < -0.39 is 40.5 Å². The minimum absolute atomic E-state index is 0.0847. The zero-order valence-electron chi connectivity index (χ0n) is 13.6. The highest BCUT2D eigenvalue weighted by atomic mass is 19.4. The molecule has 0 radical (unpaired) electrons. The number of fused-ring (bicyclic) bond motifs is 1. The first-order chi connectivity index (χ1) is 12.6. The number of esters is 1. The van der Waals surface area contributed by atoms with Crippen molar-refractivity contribution in [1.82, 2.24) is 0 Å². The fourth-order valence-corrected chi connectivity index (χ4v) is 2.29. The number of halogens is 4. The molecule has 0 saturated heterocycles. The fraction of sp³-hybridized carbons (Fsp3) is 0.111. The van der Waals surface area contributed by atoms with Gasteiger partial charge in [-0.05, 0) is 36.4 Å². The van der Waals surface area contributed by atoms with Crippen molar-refractivity contribution in [3.63, 3.8) is 0 Å². The standard InChI is InChI=1S/C18H10F4O5/c1-9(23)25-12-6-7-13-14(8-12)27-17(18(20,21)22)16(15(13)24)26-11-4-2-10(19)3-5-11/h2-8H,1H3. The van der Waals surface area contributed by atoms with Gasteiger partial charge in [-0.3, -0.25) is 9.59 Å². The molecule has 3 rings (SSSR count). The molecule has 1 aromatic heterocycles. The van der Waals surface area contributed by atoms with E-state index in [1.165, 1.54) is 6.07 Å². The second-order valence-electron chi connectivity index (χ2n) is 5.39. The Kier molecular flexibility index (Phi) is 4.61. The molecule has 9 heteroatoms. The van der Waals surface area contributed by atoms with Gasteiger partial charge in [-0.1, -0.05) is 0 Å². The highest BCUT2D eigenvalue weighted by Gasteiger charge is 2.40. The average Bonchev–Trinajstić information content (AvgIpc) is 2.57. The van der Waals surface area contributed by atoms with E-state index in [0.29, 0.717) is 0 Å². The molecule has 140 valence electrons. The van der Waals surface area contributed by atoms with Crippen molar-refractivity contribution < 1.29 is 36.2 Å². The topological polar surface area (TPSA) is 65.7 Å². The molecule has 0 amide bonds. The van der Waals surface area contributed by atoms with E-state index in [0.717, 1.165) is 43.3 Å². The Hall–Kier alpha value is -3.36. The monoisotopic (exact) mass is 382 g/mol. The van der Waals surface area contributed by atoms with Gasteiger partial charge in [0, 0.05) is 13.0 Å². The second-order valence-corrected chi connectivity index (χ2v) is 5.39. The summed E-state index contributed by atoms with van der Waals surface area (Å²) in [6, 6.07) is 7.46. The van der Waals surface area contributed by atoms with Crippen LogP contribution in [-0.4, -0.2) is 5.97 Å². The van der Waals surface area contributed by atoms with Crippen LogP contribution in [0.2, 0.25) is 0 Å². The van der Waals surface area contributed by atoms with Crippen LogP contribution in [0.1, 0.15) is 12.7 Å². The second kappa shape index (κ2) is 6.75. The maximum atomic E-state index is 13.4. The van der Waals surface area contributed by atoms with Gasteiger partial charge in [0.1, 0.15) is 22.9 Å². The van der Waals surface area contributed by atoms with Gasteiger partial charge in [-0.25, -0.2) is 4.39 Å². The molecule has 27 heavy (non-hydrogen) atoms. The molecule has 0 aliphatic carbocycles. The number of benzene rings is 2. The van der Waals surface area contributed by atoms with Gasteiger partial charge in [-0.15, -0.1) is 0 Å². The van der Waals surface area contributed by atoms with E-state index in [-0.39, 0.29) is 16.9 Å². The van der Waals surface area contributed by atoms with Crippen molar-refractivity contribution in [3.05, 3.63) is 64.3 Å². The summed E-state index contributed by atoms with van der Waals surface area (Å²) in [5.74, 6) is -4.32. The number of ether oxygens (including phenoxy) is 2. The van der Waals surface area contributed by atoms with Gasteiger partial charge in [0.25, 0.3) is 5.76 Å². The Labute approximate surface area is 148 Å². The van der Waals surface area contributed by atoms with Gasteiger partial charge in [0.15, 0.2) is 0 Å². The zero-order chi connectivity index (χ0) is 19.8. The number of hydrogen-bond acceptors (Lipinski definition) is 5. The van der Waals surface area contributed by atoms with Crippen LogP contribution in [0.4, 0.5) is 17.6 Å². The quantitative estimate of drug-likeness (QED) is 0.374. The molecule has 0 N–H and O–H groups in total. The molecule has 0 unspecified atom stereocenters. The van der Waals surface area contributed by atoms with Crippen LogP contribution in [0, 0.1) is 5.82 Å². The third-order valence-electron chi connectivity index (χ3n) is 3.37. The Bertz CT molecular complexity index is 1070. The van der Waals surface area contributed by atoms with Gasteiger partial charge in [0.05, 0.1) is 5.39 Å². The molecule has 0 fully saturated rings. The van der Waals surface area contributed by atoms with Gasteiger partial charge < -0.3 is 13.9 Å². The number of hydrogen-bond donors (Lipinski definition) is 0. The van der Waals surface area contributed by atoms with Crippen molar-refractivity contribution in [2.45, 2.75) is 13.1 Å². The molecule has 0 spiro atoms. The minimum Gasteiger partial charge on any atom is -0.449 e. The molecule has 0 aliphatic heterocycles. The summed E-state index contributed by atoms with van der Waals surface area (Å²) in [6.45, 7) is 1.11. The lowest BCUT2D eigenvalue weighted by atomic mass is 10.2. The van der Waals surface area contributed by atoms with Crippen molar-refractivity contribution in [2.24, 2.45) is 0 Å². The SMILES string of the molecule is CC(=O)Oc1ccc2c(=O)c(Oc3ccc(F)cc3)c(C(F)(F)F)oc2c1. The lowest BCUT2D eigenvalue weighted by Crippen LogP contribution is -2.15. The van der Waals surface area contributed by atoms with E-state index in [1.54, 1.807) is 0 Å². The molecule has 1 heterocycles. The maximum absolute atomic E-state index is 13.4. The number of carbonyl (C=O) groups is 1. The first-order valence-corrected chi connectivity index (χ1v) is 7.45. The van der Waals surface area contributed by atoms with Crippen LogP contribution < -0.4 is 14.9 Å². The Morgan fingerprint density at radius 2 is 1.67 bits per heavy atom. The molecule has 3 aromatic rings. The van der Waals surface area contributed by atoms with Crippen LogP contribution in [0.5, 0.6) is 17.2 Å². The molecule has 5 nitrogen and oxygen atoms in total. The lowest BCUT2D eigenvalue weighted by molar-refractivity contribution is -0.154. The lowest BCUT2D eigenvalue weighted by Gasteiger charge is -2.13. The summed E-state index contributed by atoms with van der Waals surface area (Å²) in [4.78, 5) is 23.5. The summed E-state index contributed by atoms with van der Waals surface area (Å²) >= 11 is 0. The number of carbonyl (C=O) groups excluding carboxylic acids is 1. The van der Waals surface area contributed by atoms with Crippen molar-refractivity contribution in [2.75, 3.05) is 0 Å². The van der Waals surface area contributed by atoms with Crippen molar-refractivity contribution in [3.8, 4) is 17.2 Å².